The molecule has 9 heteroatoms. The molecule has 2 saturated carbocycles. The second-order valence-corrected chi connectivity index (χ2v) is 10.0. The molecule has 1 spiro atoms. The van der Waals surface area contributed by atoms with Crippen molar-refractivity contribution in [2.45, 2.75) is 50.7 Å². The van der Waals surface area contributed by atoms with E-state index in [1.807, 2.05) is 9.80 Å². The van der Waals surface area contributed by atoms with Crippen LogP contribution in [0.15, 0.2) is 18.2 Å². The van der Waals surface area contributed by atoms with E-state index in [0.29, 0.717) is 44.7 Å². The van der Waals surface area contributed by atoms with Gasteiger partial charge in [0.15, 0.2) is 0 Å². The van der Waals surface area contributed by atoms with E-state index in [9.17, 15) is 22.8 Å². The maximum absolute atomic E-state index is 13.4. The smallest absolute Gasteiger partial charge is 0.371 e. The molecule has 2 heterocycles. The van der Waals surface area contributed by atoms with E-state index in [-0.39, 0.29) is 40.7 Å². The molecule has 33 heavy (non-hydrogen) atoms. The standard InChI is InChI=1S/C24H27F3N4O2/c25-24(26,27)19-11-18(6-3-16(19)12-28)30-9-7-23(8-10-30)14-31(22(33)15-1-2-15)13-20(23)21(32)29-17-4-5-17/h3,6,11,15,17,20H,1-2,4-5,7-10,13-14H2,(H,29,32). The highest BCUT2D eigenvalue weighted by molar-refractivity contribution is 5.85. The summed E-state index contributed by atoms with van der Waals surface area (Å²) in [5.74, 6) is -0.0447. The molecule has 1 aromatic carbocycles. The Morgan fingerprint density at radius 3 is 2.39 bits per heavy atom. The lowest BCUT2D eigenvalue weighted by molar-refractivity contribution is -0.138. The fraction of sp³-hybridized carbons (Fsp3) is 0.625. The van der Waals surface area contributed by atoms with E-state index in [0.717, 1.165) is 31.7 Å². The number of alkyl halides is 3. The zero-order valence-electron chi connectivity index (χ0n) is 18.3. The lowest BCUT2D eigenvalue weighted by atomic mass is 9.70. The van der Waals surface area contributed by atoms with Gasteiger partial charge in [-0.3, -0.25) is 9.59 Å². The van der Waals surface area contributed by atoms with Crippen LogP contribution < -0.4 is 10.2 Å². The molecule has 176 valence electrons. The number of anilines is 1. The molecule has 1 N–H and O–H groups in total. The number of nitriles is 1. The summed E-state index contributed by atoms with van der Waals surface area (Å²) >= 11 is 0. The van der Waals surface area contributed by atoms with Gasteiger partial charge in [-0.2, -0.15) is 18.4 Å². The molecule has 4 aliphatic rings. The minimum Gasteiger partial charge on any atom is -0.371 e. The van der Waals surface area contributed by atoms with Crippen LogP contribution in [0.25, 0.3) is 0 Å². The minimum absolute atomic E-state index is 0.00905. The van der Waals surface area contributed by atoms with Crippen molar-refractivity contribution in [2.75, 3.05) is 31.1 Å². The van der Waals surface area contributed by atoms with Crippen molar-refractivity contribution in [1.82, 2.24) is 10.2 Å². The maximum atomic E-state index is 13.4. The summed E-state index contributed by atoms with van der Waals surface area (Å²) < 4.78 is 40.2. The highest BCUT2D eigenvalue weighted by Gasteiger charge is 2.54. The number of rotatable bonds is 4. The number of nitrogens with one attached hydrogen (secondary N) is 1. The van der Waals surface area contributed by atoms with Crippen LogP contribution in [0.2, 0.25) is 0 Å². The van der Waals surface area contributed by atoms with Gasteiger partial charge in [0.2, 0.25) is 11.8 Å². The molecule has 0 bridgehead atoms. The van der Waals surface area contributed by atoms with Crippen molar-refractivity contribution >= 4 is 17.5 Å². The molecule has 1 unspecified atom stereocenters. The summed E-state index contributed by atoms with van der Waals surface area (Å²) in [5, 5.41) is 12.2. The van der Waals surface area contributed by atoms with Gasteiger partial charge < -0.3 is 15.1 Å². The Labute approximate surface area is 190 Å². The van der Waals surface area contributed by atoms with Crippen LogP contribution in [-0.4, -0.2) is 48.9 Å². The number of amides is 2. The van der Waals surface area contributed by atoms with Gasteiger partial charge in [0.05, 0.1) is 23.1 Å². The summed E-state index contributed by atoms with van der Waals surface area (Å²) in [6.07, 6.45) is 0.468. The topological polar surface area (TPSA) is 76.4 Å². The Bertz CT molecular complexity index is 1000. The maximum Gasteiger partial charge on any atom is 0.417 e. The number of carbonyl (C=O) groups is 2. The fourth-order valence-corrected chi connectivity index (χ4v) is 5.39. The van der Waals surface area contributed by atoms with Gasteiger partial charge >= 0.3 is 6.18 Å². The van der Waals surface area contributed by atoms with Gasteiger partial charge in [-0.15, -0.1) is 0 Å². The monoisotopic (exact) mass is 460 g/mol. The van der Waals surface area contributed by atoms with E-state index in [1.165, 1.54) is 6.07 Å². The second kappa shape index (κ2) is 7.93. The van der Waals surface area contributed by atoms with E-state index in [1.54, 1.807) is 12.1 Å². The number of likely N-dealkylation sites (tertiary alicyclic amines) is 1. The molecule has 5 rings (SSSR count). The Balaban J connectivity index is 1.34. The van der Waals surface area contributed by atoms with Crippen molar-refractivity contribution in [3.05, 3.63) is 29.3 Å². The van der Waals surface area contributed by atoms with E-state index in [2.05, 4.69) is 5.32 Å². The molecular weight excluding hydrogens is 433 g/mol. The Hall–Kier alpha value is -2.76. The zero-order valence-corrected chi connectivity index (χ0v) is 18.3. The van der Waals surface area contributed by atoms with Gasteiger partial charge in [0.1, 0.15) is 0 Å². The molecule has 1 atom stereocenters. The lowest BCUT2D eigenvalue weighted by Crippen LogP contribution is -2.49. The summed E-state index contributed by atoms with van der Waals surface area (Å²) in [7, 11) is 0. The molecule has 2 aliphatic carbocycles. The third-order valence-electron chi connectivity index (χ3n) is 7.68. The lowest BCUT2D eigenvalue weighted by Gasteiger charge is -2.43. The van der Waals surface area contributed by atoms with Gasteiger partial charge in [-0.1, -0.05) is 0 Å². The summed E-state index contributed by atoms with van der Waals surface area (Å²) in [6.45, 7) is 1.98. The predicted molar refractivity (Wildman–Crippen MR) is 114 cm³/mol. The average Bonchev–Trinajstić information content (AvgIpc) is 3.72. The molecular formula is C24H27F3N4O2. The largest absolute Gasteiger partial charge is 0.417 e. The second-order valence-electron chi connectivity index (χ2n) is 10.0. The number of halogens is 3. The van der Waals surface area contributed by atoms with Crippen LogP contribution in [0.1, 0.15) is 49.7 Å². The molecule has 0 radical (unpaired) electrons. The highest BCUT2D eigenvalue weighted by Crippen LogP contribution is 2.47. The molecule has 6 nitrogen and oxygen atoms in total. The van der Waals surface area contributed by atoms with E-state index >= 15 is 0 Å². The Kier molecular flexibility index (Phi) is 5.30. The Morgan fingerprint density at radius 2 is 1.82 bits per heavy atom. The quantitative estimate of drug-likeness (QED) is 0.748. The van der Waals surface area contributed by atoms with Crippen molar-refractivity contribution in [3.63, 3.8) is 0 Å². The van der Waals surface area contributed by atoms with E-state index < -0.39 is 11.7 Å². The molecule has 2 saturated heterocycles. The third kappa shape index (κ3) is 4.28. The molecule has 0 aromatic heterocycles. The highest BCUT2D eigenvalue weighted by atomic mass is 19.4. The minimum atomic E-state index is -4.60. The molecule has 1 aromatic rings. The first-order valence-corrected chi connectivity index (χ1v) is 11.7. The first-order chi connectivity index (χ1) is 15.7. The molecule has 2 aliphatic heterocycles. The van der Waals surface area contributed by atoms with Gasteiger partial charge in [-0.25, -0.2) is 0 Å². The Morgan fingerprint density at radius 1 is 1.12 bits per heavy atom. The van der Waals surface area contributed by atoms with Crippen LogP contribution in [-0.2, 0) is 15.8 Å². The van der Waals surface area contributed by atoms with Crippen molar-refractivity contribution in [1.29, 1.82) is 5.26 Å². The fourth-order valence-electron chi connectivity index (χ4n) is 5.39. The normalized spacial score (nSPS) is 24.6. The number of nitrogens with zero attached hydrogens (tertiary/aromatic N) is 3. The molecule has 2 amide bonds. The van der Waals surface area contributed by atoms with E-state index in [4.69, 9.17) is 5.26 Å². The van der Waals surface area contributed by atoms with Crippen molar-refractivity contribution < 1.29 is 22.8 Å². The summed E-state index contributed by atoms with van der Waals surface area (Å²) in [4.78, 5) is 29.6. The van der Waals surface area contributed by atoms with Crippen LogP contribution >= 0.6 is 0 Å². The number of benzene rings is 1. The van der Waals surface area contributed by atoms with Crippen LogP contribution in [0.3, 0.4) is 0 Å². The first kappa shape index (κ1) is 22.1. The van der Waals surface area contributed by atoms with Crippen LogP contribution in [0, 0.1) is 28.6 Å². The SMILES string of the molecule is N#Cc1ccc(N2CCC3(CC2)CN(C(=O)C2CC2)CC3C(=O)NC2CC2)cc1C(F)(F)F. The van der Waals surface area contributed by atoms with Gasteiger partial charge in [0, 0.05) is 49.2 Å². The van der Waals surface area contributed by atoms with Crippen LogP contribution in [0.5, 0.6) is 0 Å². The van der Waals surface area contributed by atoms with Crippen molar-refractivity contribution in [2.24, 2.45) is 17.3 Å². The summed E-state index contributed by atoms with van der Waals surface area (Å²) in [5.41, 5.74) is -1.23. The van der Waals surface area contributed by atoms with Gasteiger partial charge in [-0.05, 0) is 56.7 Å². The average molecular weight is 461 g/mol. The first-order valence-electron chi connectivity index (χ1n) is 11.7. The number of hydrogen-bond acceptors (Lipinski definition) is 4. The number of carbonyl (C=O) groups excluding carboxylic acids is 2. The third-order valence-corrected chi connectivity index (χ3v) is 7.68. The summed E-state index contributed by atoms with van der Waals surface area (Å²) in [6, 6.07) is 5.68. The van der Waals surface area contributed by atoms with Crippen molar-refractivity contribution in [3.8, 4) is 6.07 Å². The number of hydrogen-bond donors (Lipinski definition) is 1. The molecule has 4 fully saturated rings. The predicted octanol–water partition coefficient (Wildman–Crippen LogP) is 3.31. The van der Waals surface area contributed by atoms with Crippen LogP contribution in [0.4, 0.5) is 18.9 Å². The van der Waals surface area contributed by atoms with Gasteiger partial charge in [0.25, 0.3) is 0 Å². The number of piperidine rings is 1. The zero-order chi connectivity index (χ0) is 23.4.